The van der Waals surface area contributed by atoms with Crippen LogP contribution < -0.4 is 5.32 Å². The second-order valence-electron chi connectivity index (χ2n) is 4.53. The van der Waals surface area contributed by atoms with E-state index >= 15 is 0 Å². The number of halogens is 2. The fourth-order valence-electron chi connectivity index (χ4n) is 1.74. The van der Waals surface area contributed by atoms with Crippen molar-refractivity contribution in [3.63, 3.8) is 0 Å². The van der Waals surface area contributed by atoms with Gasteiger partial charge in [-0.2, -0.15) is 0 Å². The molecule has 2 rings (SSSR count). The molecule has 0 unspecified atom stereocenters. The lowest BCUT2D eigenvalue weighted by Crippen LogP contribution is -2.25. The highest BCUT2D eigenvalue weighted by Gasteiger charge is 2.22. The second-order valence-corrected chi connectivity index (χ2v) is 5.32. The van der Waals surface area contributed by atoms with Crippen molar-refractivity contribution in [3.8, 4) is 0 Å². The SMILES string of the molecule is O=C(NCCC1CC1)c1cc([N+](=O)[O-])cc(Cl)c1Cl. The third-order valence-electron chi connectivity index (χ3n) is 3.00. The van der Waals surface area contributed by atoms with Crippen LogP contribution >= 0.6 is 23.2 Å². The zero-order chi connectivity index (χ0) is 14.0. The predicted molar refractivity (Wildman–Crippen MR) is 72.8 cm³/mol. The highest BCUT2D eigenvalue weighted by atomic mass is 35.5. The Morgan fingerprint density at radius 3 is 2.68 bits per heavy atom. The van der Waals surface area contributed by atoms with E-state index in [-0.39, 0.29) is 21.3 Å². The van der Waals surface area contributed by atoms with Crippen molar-refractivity contribution in [3.05, 3.63) is 37.9 Å². The van der Waals surface area contributed by atoms with E-state index < -0.39 is 10.8 Å². The van der Waals surface area contributed by atoms with E-state index in [4.69, 9.17) is 23.2 Å². The summed E-state index contributed by atoms with van der Waals surface area (Å²) in [5.74, 6) is 0.265. The van der Waals surface area contributed by atoms with Gasteiger partial charge >= 0.3 is 0 Å². The van der Waals surface area contributed by atoms with Gasteiger partial charge in [0.2, 0.25) is 0 Å². The third kappa shape index (κ3) is 3.58. The number of amides is 1. The summed E-state index contributed by atoms with van der Waals surface area (Å²) < 4.78 is 0. The van der Waals surface area contributed by atoms with E-state index in [9.17, 15) is 14.9 Å². The zero-order valence-electron chi connectivity index (χ0n) is 9.99. The fourth-order valence-corrected chi connectivity index (χ4v) is 2.15. The van der Waals surface area contributed by atoms with Crippen LogP contribution in [0.3, 0.4) is 0 Å². The Kier molecular flexibility index (Phi) is 4.27. The Hall–Kier alpha value is -1.33. The lowest BCUT2D eigenvalue weighted by molar-refractivity contribution is -0.384. The van der Waals surface area contributed by atoms with Gasteiger partial charge < -0.3 is 5.32 Å². The van der Waals surface area contributed by atoms with Gasteiger partial charge in [-0.05, 0) is 12.3 Å². The number of nitro groups is 1. The van der Waals surface area contributed by atoms with E-state index in [1.54, 1.807) is 0 Å². The second kappa shape index (κ2) is 5.75. The molecule has 102 valence electrons. The summed E-state index contributed by atoms with van der Waals surface area (Å²) in [5.41, 5.74) is -0.210. The van der Waals surface area contributed by atoms with E-state index in [1.807, 2.05) is 0 Å². The lowest BCUT2D eigenvalue weighted by atomic mass is 10.2. The summed E-state index contributed by atoms with van der Waals surface area (Å²) >= 11 is 11.7. The maximum atomic E-state index is 11.9. The summed E-state index contributed by atoms with van der Waals surface area (Å²) in [7, 11) is 0. The summed E-state index contributed by atoms with van der Waals surface area (Å²) in [6.45, 7) is 0.542. The van der Waals surface area contributed by atoms with Crippen LogP contribution in [0.25, 0.3) is 0 Å². The maximum absolute atomic E-state index is 11.9. The molecule has 5 nitrogen and oxygen atoms in total. The molecule has 0 aliphatic heterocycles. The van der Waals surface area contributed by atoms with Crippen LogP contribution in [0.1, 0.15) is 29.6 Å². The van der Waals surface area contributed by atoms with Crippen molar-refractivity contribution in [1.29, 1.82) is 0 Å². The first kappa shape index (κ1) is 14.1. The minimum Gasteiger partial charge on any atom is -0.352 e. The topological polar surface area (TPSA) is 72.2 Å². The Morgan fingerprint density at radius 2 is 2.11 bits per heavy atom. The Bertz CT molecular complexity index is 530. The average Bonchev–Trinajstić information content (AvgIpc) is 3.16. The number of nitrogens with one attached hydrogen (secondary N) is 1. The van der Waals surface area contributed by atoms with Gasteiger partial charge in [-0.15, -0.1) is 0 Å². The molecular weight excluding hydrogens is 291 g/mol. The fraction of sp³-hybridized carbons (Fsp3) is 0.417. The first-order chi connectivity index (χ1) is 8.99. The third-order valence-corrected chi connectivity index (χ3v) is 3.81. The molecule has 1 N–H and O–H groups in total. The van der Waals surface area contributed by atoms with Crippen LogP contribution in [-0.2, 0) is 0 Å². The molecule has 0 aromatic heterocycles. The highest BCUT2D eigenvalue weighted by Crippen LogP contribution is 2.32. The van der Waals surface area contributed by atoms with Gasteiger partial charge in [0.05, 0.1) is 20.5 Å². The summed E-state index contributed by atoms with van der Waals surface area (Å²) in [5, 5.41) is 13.5. The molecular formula is C12H12Cl2N2O3. The molecule has 0 heterocycles. The van der Waals surface area contributed by atoms with Crippen molar-refractivity contribution in [2.24, 2.45) is 5.92 Å². The van der Waals surface area contributed by atoms with Crippen LogP contribution in [0.5, 0.6) is 0 Å². The van der Waals surface area contributed by atoms with Crippen LogP contribution in [0, 0.1) is 16.0 Å². The van der Waals surface area contributed by atoms with Gasteiger partial charge in [-0.3, -0.25) is 14.9 Å². The normalized spacial score (nSPS) is 14.2. The molecule has 1 aliphatic rings. The lowest BCUT2D eigenvalue weighted by Gasteiger charge is -2.07. The van der Waals surface area contributed by atoms with Gasteiger partial charge in [0.15, 0.2) is 0 Å². The highest BCUT2D eigenvalue weighted by molar-refractivity contribution is 6.44. The molecule has 0 saturated heterocycles. The van der Waals surface area contributed by atoms with Gasteiger partial charge in [-0.25, -0.2) is 0 Å². The van der Waals surface area contributed by atoms with E-state index in [1.165, 1.54) is 12.8 Å². The van der Waals surface area contributed by atoms with Gasteiger partial charge in [0, 0.05) is 18.7 Å². The Morgan fingerprint density at radius 1 is 1.42 bits per heavy atom. The minimum atomic E-state index is -0.608. The number of non-ortho nitro benzene ring substituents is 1. The molecule has 1 saturated carbocycles. The average molecular weight is 303 g/mol. The summed E-state index contributed by atoms with van der Waals surface area (Å²) in [6, 6.07) is 2.27. The number of benzene rings is 1. The number of hydrogen-bond acceptors (Lipinski definition) is 3. The monoisotopic (exact) mass is 302 g/mol. The number of hydrogen-bond donors (Lipinski definition) is 1. The molecule has 0 radical (unpaired) electrons. The van der Waals surface area contributed by atoms with Crippen LogP contribution in [0.4, 0.5) is 5.69 Å². The van der Waals surface area contributed by atoms with Crippen molar-refractivity contribution in [2.75, 3.05) is 6.54 Å². The van der Waals surface area contributed by atoms with E-state index in [0.29, 0.717) is 12.5 Å². The van der Waals surface area contributed by atoms with Crippen LogP contribution in [0.15, 0.2) is 12.1 Å². The summed E-state index contributed by atoms with van der Waals surface area (Å²) in [4.78, 5) is 22.0. The maximum Gasteiger partial charge on any atom is 0.271 e. The number of carbonyl (C=O) groups is 1. The molecule has 0 spiro atoms. The molecule has 0 atom stereocenters. The predicted octanol–water partition coefficient (Wildman–Crippen LogP) is 3.43. The zero-order valence-corrected chi connectivity index (χ0v) is 11.5. The van der Waals surface area contributed by atoms with Crippen molar-refractivity contribution in [2.45, 2.75) is 19.3 Å². The molecule has 1 fully saturated rings. The van der Waals surface area contributed by atoms with Crippen LogP contribution in [-0.4, -0.2) is 17.4 Å². The minimum absolute atomic E-state index is 0.00297. The number of rotatable bonds is 5. The molecule has 7 heteroatoms. The van der Waals surface area contributed by atoms with E-state index in [2.05, 4.69) is 5.32 Å². The van der Waals surface area contributed by atoms with E-state index in [0.717, 1.165) is 18.6 Å². The number of nitrogens with zero attached hydrogens (tertiary/aromatic N) is 1. The first-order valence-corrected chi connectivity index (χ1v) is 6.66. The number of nitro benzene ring substituents is 1. The van der Waals surface area contributed by atoms with Gasteiger partial charge in [0.1, 0.15) is 0 Å². The number of carbonyl (C=O) groups excluding carboxylic acids is 1. The van der Waals surface area contributed by atoms with Crippen molar-refractivity contribution < 1.29 is 9.72 Å². The first-order valence-electron chi connectivity index (χ1n) is 5.90. The smallest absolute Gasteiger partial charge is 0.271 e. The van der Waals surface area contributed by atoms with Gasteiger partial charge in [-0.1, -0.05) is 36.0 Å². The molecule has 0 bridgehead atoms. The standard InChI is InChI=1S/C12H12Cl2N2O3/c13-10-6-8(16(18)19)5-9(11(10)14)12(17)15-4-3-7-1-2-7/h5-7H,1-4H2,(H,15,17). The molecule has 19 heavy (non-hydrogen) atoms. The van der Waals surface area contributed by atoms with Crippen molar-refractivity contribution >= 4 is 34.8 Å². The largest absolute Gasteiger partial charge is 0.352 e. The Balaban J connectivity index is 2.11. The van der Waals surface area contributed by atoms with Crippen molar-refractivity contribution in [1.82, 2.24) is 5.32 Å². The Labute approximate surface area is 120 Å². The molecule has 1 aromatic carbocycles. The summed E-state index contributed by atoms with van der Waals surface area (Å²) in [6.07, 6.45) is 3.34. The van der Waals surface area contributed by atoms with Crippen LogP contribution in [0.2, 0.25) is 10.0 Å². The molecule has 1 aromatic rings. The quantitative estimate of drug-likeness (QED) is 0.669. The van der Waals surface area contributed by atoms with Gasteiger partial charge in [0.25, 0.3) is 11.6 Å². The molecule has 1 aliphatic carbocycles. The molecule has 1 amide bonds.